The SMILES string of the molecule is CC1(NC(=O)c2ccncn2)CCOC1C1CC1. The average Bonchev–Trinajstić information content (AvgIpc) is 3.14. The first kappa shape index (κ1) is 11.6. The molecule has 3 rings (SSSR count). The van der Waals surface area contributed by atoms with E-state index in [1.54, 1.807) is 12.3 Å². The van der Waals surface area contributed by atoms with Crippen LogP contribution in [-0.2, 0) is 4.74 Å². The highest BCUT2D eigenvalue weighted by Gasteiger charge is 2.49. The van der Waals surface area contributed by atoms with Crippen LogP contribution in [0.2, 0.25) is 0 Å². The van der Waals surface area contributed by atoms with Gasteiger partial charge in [-0.2, -0.15) is 0 Å². The molecule has 18 heavy (non-hydrogen) atoms. The maximum Gasteiger partial charge on any atom is 0.270 e. The second kappa shape index (κ2) is 4.31. The van der Waals surface area contributed by atoms with Crippen molar-refractivity contribution in [1.82, 2.24) is 15.3 Å². The van der Waals surface area contributed by atoms with E-state index < -0.39 is 0 Å². The van der Waals surface area contributed by atoms with Crippen LogP contribution >= 0.6 is 0 Å². The largest absolute Gasteiger partial charge is 0.375 e. The predicted molar refractivity (Wildman–Crippen MR) is 65.0 cm³/mol. The van der Waals surface area contributed by atoms with Crippen molar-refractivity contribution in [2.45, 2.75) is 37.8 Å². The number of carbonyl (C=O) groups excluding carboxylic acids is 1. The summed E-state index contributed by atoms with van der Waals surface area (Å²) >= 11 is 0. The van der Waals surface area contributed by atoms with Crippen LogP contribution in [0, 0.1) is 5.92 Å². The predicted octanol–water partition coefficient (Wildman–Crippen LogP) is 1.16. The highest BCUT2D eigenvalue weighted by atomic mass is 16.5. The van der Waals surface area contributed by atoms with Crippen molar-refractivity contribution in [3.63, 3.8) is 0 Å². The number of aromatic nitrogens is 2. The van der Waals surface area contributed by atoms with Crippen LogP contribution in [0.5, 0.6) is 0 Å². The number of hydrogen-bond donors (Lipinski definition) is 1. The third-order valence-electron chi connectivity index (χ3n) is 3.81. The molecule has 1 aliphatic heterocycles. The van der Waals surface area contributed by atoms with Gasteiger partial charge in [0, 0.05) is 12.8 Å². The lowest BCUT2D eigenvalue weighted by atomic mass is 9.90. The van der Waals surface area contributed by atoms with Crippen molar-refractivity contribution in [1.29, 1.82) is 0 Å². The van der Waals surface area contributed by atoms with Gasteiger partial charge >= 0.3 is 0 Å². The summed E-state index contributed by atoms with van der Waals surface area (Å²) < 4.78 is 5.78. The fourth-order valence-corrected chi connectivity index (χ4v) is 2.66. The minimum absolute atomic E-state index is 0.143. The van der Waals surface area contributed by atoms with Gasteiger partial charge in [-0.1, -0.05) is 0 Å². The zero-order valence-electron chi connectivity index (χ0n) is 10.4. The number of nitrogens with one attached hydrogen (secondary N) is 1. The topological polar surface area (TPSA) is 64.1 Å². The molecule has 0 bridgehead atoms. The lowest BCUT2D eigenvalue weighted by Gasteiger charge is -2.31. The van der Waals surface area contributed by atoms with E-state index in [1.165, 1.54) is 19.2 Å². The molecule has 0 radical (unpaired) electrons. The van der Waals surface area contributed by atoms with E-state index in [9.17, 15) is 4.79 Å². The van der Waals surface area contributed by atoms with Crippen LogP contribution in [0.1, 0.15) is 36.7 Å². The fourth-order valence-electron chi connectivity index (χ4n) is 2.66. The monoisotopic (exact) mass is 247 g/mol. The summed E-state index contributed by atoms with van der Waals surface area (Å²) in [5, 5.41) is 3.09. The molecule has 1 aromatic heterocycles. The van der Waals surface area contributed by atoms with Crippen molar-refractivity contribution in [2.24, 2.45) is 5.92 Å². The number of rotatable bonds is 3. The van der Waals surface area contributed by atoms with E-state index in [0.717, 1.165) is 13.0 Å². The number of nitrogens with zero attached hydrogens (tertiary/aromatic N) is 2. The molecule has 1 amide bonds. The van der Waals surface area contributed by atoms with Crippen molar-refractivity contribution in [3.8, 4) is 0 Å². The summed E-state index contributed by atoms with van der Waals surface area (Å²) in [7, 11) is 0. The molecule has 2 heterocycles. The highest BCUT2D eigenvalue weighted by Crippen LogP contribution is 2.43. The molecule has 0 aromatic carbocycles. The summed E-state index contributed by atoms with van der Waals surface area (Å²) in [5.74, 6) is 0.472. The Kier molecular flexibility index (Phi) is 2.78. The Morgan fingerprint density at radius 3 is 3.06 bits per heavy atom. The van der Waals surface area contributed by atoms with Gasteiger partial charge in [-0.3, -0.25) is 4.79 Å². The summed E-state index contributed by atoms with van der Waals surface area (Å²) in [4.78, 5) is 19.9. The number of amides is 1. The first-order chi connectivity index (χ1) is 8.69. The first-order valence-corrected chi connectivity index (χ1v) is 6.39. The standard InChI is InChI=1S/C13H17N3O2/c1-13(5-7-18-11(13)9-2-3-9)16-12(17)10-4-6-14-8-15-10/h4,6,8-9,11H,2-3,5,7H2,1H3,(H,16,17). The van der Waals surface area contributed by atoms with Crippen molar-refractivity contribution >= 4 is 5.91 Å². The number of carbonyl (C=O) groups is 1. The zero-order chi connectivity index (χ0) is 12.6. The van der Waals surface area contributed by atoms with Gasteiger partial charge in [-0.25, -0.2) is 9.97 Å². The molecule has 2 atom stereocenters. The van der Waals surface area contributed by atoms with Gasteiger partial charge in [-0.15, -0.1) is 0 Å². The van der Waals surface area contributed by atoms with Crippen LogP contribution in [0.4, 0.5) is 0 Å². The molecule has 2 unspecified atom stereocenters. The van der Waals surface area contributed by atoms with Gasteiger partial charge in [-0.05, 0) is 38.2 Å². The molecule has 2 fully saturated rings. The van der Waals surface area contributed by atoms with Gasteiger partial charge in [0.15, 0.2) is 0 Å². The number of hydrogen-bond acceptors (Lipinski definition) is 4. The molecular formula is C13H17N3O2. The molecule has 2 aliphatic rings. The van der Waals surface area contributed by atoms with E-state index in [0.29, 0.717) is 11.6 Å². The van der Waals surface area contributed by atoms with Gasteiger partial charge in [0.1, 0.15) is 12.0 Å². The molecule has 96 valence electrons. The van der Waals surface area contributed by atoms with Crippen LogP contribution in [0.3, 0.4) is 0 Å². The molecule has 1 saturated heterocycles. The van der Waals surface area contributed by atoms with E-state index in [4.69, 9.17) is 4.74 Å². The molecule has 5 nitrogen and oxygen atoms in total. The summed E-state index contributed by atoms with van der Waals surface area (Å²) in [6.45, 7) is 2.80. The number of ether oxygens (including phenoxy) is 1. The maximum atomic E-state index is 12.1. The second-order valence-corrected chi connectivity index (χ2v) is 5.35. The molecule has 0 spiro atoms. The normalized spacial score (nSPS) is 31.3. The molecule has 1 N–H and O–H groups in total. The first-order valence-electron chi connectivity index (χ1n) is 6.39. The molecule has 1 aromatic rings. The lowest BCUT2D eigenvalue weighted by molar-refractivity contribution is 0.0512. The average molecular weight is 247 g/mol. The van der Waals surface area contributed by atoms with E-state index in [-0.39, 0.29) is 17.6 Å². The molecule has 1 saturated carbocycles. The van der Waals surface area contributed by atoms with Gasteiger partial charge < -0.3 is 10.1 Å². The van der Waals surface area contributed by atoms with Crippen molar-refractivity contribution in [2.75, 3.05) is 6.61 Å². The zero-order valence-corrected chi connectivity index (χ0v) is 10.4. The minimum atomic E-state index is -0.261. The summed E-state index contributed by atoms with van der Waals surface area (Å²) in [6.07, 6.45) is 6.41. The van der Waals surface area contributed by atoms with E-state index in [2.05, 4.69) is 22.2 Å². The van der Waals surface area contributed by atoms with Crippen LogP contribution in [0.25, 0.3) is 0 Å². The van der Waals surface area contributed by atoms with Crippen LogP contribution in [0.15, 0.2) is 18.6 Å². The quantitative estimate of drug-likeness (QED) is 0.870. The van der Waals surface area contributed by atoms with E-state index in [1.807, 2.05) is 0 Å². The van der Waals surface area contributed by atoms with Crippen LogP contribution in [-0.4, -0.2) is 34.1 Å². The fraction of sp³-hybridized carbons (Fsp3) is 0.615. The summed E-state index contributed by atoms with van der Waals surface area (Å²) in [6, 6.07) is 1.63. The van der Waals surface area contributed by atoms with Gasteiger partial charge in [0.05, 0.1) is 11.6 Å². The van der Waals surface area contributed by atoms with Gasteiger partial charge in [0.25, 0.3) is 5.91 Å². The Bertz CT molecular complexity index is 447. The van der Waals surface area contributed by atoms with Crippen molar-refractivity contribution in [3.05, 3.63) is 24.3 Å². The maximum absolute atomic E-state index is 12.1. The molecular weight excluding hydrogens is 230 g/mol. The van der Waals surface area contributed by atoms with E-state index >= 15 is 0 Å². The lowest BCUT2D eigenvalue weighted by Crippen LogP contribution is -2.52. The van der Waals surface area contributed by atoms with Crippen molar-refractivity contribution < 1.29 is 9.53 Å². The highest BCUT2D eigenvalue weighted by molar-refractivity contribution is 5.92. The smallest absolute Gasteiger partial charge is 0.270 e. The molecule has 1 aliphatic carbocycles. The van der Waals surface area contributed by atoms with Crippen LogP contribution < -0.4 is 5.32 Å². The Hall–Kier alpha value is -1.49. The third kappa shape index (κ3) is 2.10. The Morgan fingerprint density at radius 1 is 1.56 bits per heavy atom. The minimum Gasteiger partial charge on any atom is -0.375 e. The van der Waals surface area contributed by atoms with Gasteiger partial charge in [0.2, 0.25) is 0 Å². The second-order valence-electron chi connectivity index (χ2n) is 5.35. The Balaban J connectivity index is 1.73. The Labute approximate surface area is 106 Å². The Morgan fingerprint density at radius 2 is 2.39 bits per heavy atom. The third-order valence-corrected chi connectivity index (χ3v) is 3.81. The summed E-state index contributed by atoms with van der Waals surface area (Å²) in [5.41, 5.74) is 0.149. The molecule has 5 heteroatoms.